The van der Waals surface area contributed by atoms with Gasteiger partial charge in [0, 0.05) is 5.69 Å². The summed E-state index contributed by atoms with van der Waals surface area (Å²) in [6, 6.07) is 10.4. The third-order valence-corrected chi connectivity index (χ3v) is 4.14. The van der Waals surface area contributed by atoms with Crippen molar-refractivity contribution in [3.8, 4) is 11.5 Å². The number of esters is 1. The Hall–Kier alpha value is -3.28. The molecule has 1 amide bonds. The average molecular weight is 383 g/mol. The van der Waals surface area contributed by atoms with Gasteiger partial charge in [0.2, 0.25) is 0 Å². The smallest absolute Gasteiger partial charge is 0.339 e. The number of hydrogen-bond acceptors (Lipinski definition) is 5. The fourth-order valence-electron chi connectivity index (χ4n) is 2.58. The maximum Gasteiger partial charge on any atom is 0.339 e. The fourth-order valence-corrected chi connectivity index (χ4v) is 2.58. The molecule has 1 atom stereocenters. The quantitative estimate of drug-likeness (QED) is 0.550. The van der Waals surface area contributed by atoms with Crippen LogP contribution >= 0.6 is 0 Å². The van der Waals surface area contributed by atoms with E-state index in [9.17, 15) is 9.59 Å². The third kappa shape index (κ3) is 5.13. The lowest BCUT2D eigenvalue weighted by atomic mass is 10.1. The number of aryl methyl sites for hydroxylation is 2. The van der Waals surface area contributed by atoms with Gasteiger partial charge in [-0.3, -0.25) is 4.79 Å². The number of carbonyl (C=O) groups excluding carboxylic acids is 2. The summed E-state index contributed by atoms with van der Waals surface area (Å²) in [6.07, 6.45) is 0.645. The lowest BCUT2D eigenvalue weighted by Gasteiger charge is -2.16. The van der Waals surface area contributed by atoms with Gasteiger partial charge in [0.25, 0.3) is 5.91 Å². The van der Waals surface area contributed by atoms with E-state index in [1.807, 2.05) is 32.0 Å². The first kappa shape index (κ1) is 21.0. The Balaban J connectivity index is 2.07. The Morgan fingerprint density at radius 3 is 2.43 bits per heavy atom. The number of carbonyl (C=O) groups is 2. The highest BCUT2D eigenvalue weighted by Gasteiger charge is 2.21. The molecule has 2 rings (SSSR count). The second-order valence-corrected chi connectivity index (χ2v) is 6.27. The molecule has 0 aliphatic carbocycles. The molecule has 0 aromatic heterocycles. The highest BCUT2D eigenvalue weighted by molar-refractivity contribution is 5.98. The molecule has 28 heavy (non-hydrogen) atoms. The number of hydrogen-bond donors (Lipinski definition) is 1. The summed E-state index contributed by atoms with van der Waals surface area (Å²) in [5.74, 6) is -0.148. The number of anilines is 1. The molecule has 6 nitrogen and oxygen atoms in total. The van der Waals surface area contributed by atoms with Crippen LogP contribution in [0.25, 0.3) is 0 Å². The number of para-hydroxylation sites is 1. The van der Waals surface area contributed by atoms with Gasteiger partial charge < -0.3 is 19.5 Å². The lowest BCUT2D eigenvalue weighted by Crippen LogP contribution is -2.30. The van der Waals surface area contributed by atoms with Crippen LogP contribution in [0.5, 0.6) is 11.5 Å². The molecule has 0 heterocycles. The minimum Gasteiger partial charge on any atom is -0.493 e. The number of benzene rings is 2. The van der Waals surface area contributed by atoms with Gasteiger partial charge in [-0.15, -0.1) is 0 Å². The Kier molecular flexibility index (Phi) is 7.21. The van der Waals surface area contributed by atoms with Gasteiger partial charge in [0.15, 0.2) is 17.6 Å². The summed E-state index contributed by atoms with van der Waals surface area (Å²) in [4.78, 5) is 24.9. The molecule has 0 radical (unpaired) electrons. The maximum atomic E-state index is 12.4. The average Bonchev–Trinajstić information content (AvgIpc) is 2.68. The zero-order valence-corrected chi connectivity index (χ0v) is 16.6. The van der Waals surface area contributed by atoms with E-state index in [0.29, 0.717) is 18.1 Å². The standard InChI is InChI=1S/C22H25NO5/c1-6-12-27-18-11-10-17(13-19(18)26-5)22(25)28-16(4)21(24)23-20-14(2)8-7-9-15(20)3/h6-11,13,16H,1,12H2,2-5H3,(H,23,24). The second kappa shape index (κ2) is 9.60. The Morgan fingerprint density at radius 1 is 1.14 bits per heavy atom. The van der Waals surface area contributed by atoms with Crippen molar-refractivity contribution in [2.45, 2.75) is 26.9 Å². The Morgan fingerprint density at radius 2 is 1.82 bits per heavy atom. The molecule has 0 aliphatic heterocycles. The molecule has 0 aliphatic rings. The predicted molar refractivity (Wildman–Crippen MR) is 108 cm³/mol. The van der Waals surface area contributed by atoms with Gasteiger partial charge in [-0.25, -0.2) is 4.79 Å². The first-order valence-electron chi connectivity index (χ1n) is 8.87. The molecule has 6 heteroatoms. The van der Waals surface area contributed by atoms with Crippen LogP contribution in [0.15, 0.2) is 49.1 Å². The summed E-state index contributed by atoms with van der Waals surface area (Å²) in [7, 11) is 1.48. The minimum atomic E-state index is -0.964. The summed E-state index contributed by atoms with van der Waals surface area (Å²) in [6.45, 7) is 9.24. The van der Waals surface area contributed by atoms with Gasteiger partial charge >= 0.3 is 5.97 Å². The van der Waals surface area contributed by atoms with E-state index in [0.717, 1.165) is 16.8 Å². The summed E-state index contributed by atoms with van der Waals surface area (Å²) < 4.78 is 16.0. The van der Waals surface area contributed by atoms with Crippen LogP contribution in [-0.4, -0.2) is 31.7 Å². The summed E-state index contributed by atoms with van der Waals surface area (Å²) in [5, 5.41) is 2.82. The molecule has 148 valence electrons. The normalized spacial score (nSPS) is 11.3. The van der Waals surface area contributed by atoms with Crippen LogP contribution in [0, 0.1) is 13.8 Å². The monoisotopic (exact) mass is 383 g/mol. The fraction of sp³-hybridized carbons (Fsp3) is 0.273. The van der Waals surface area contributed by atoms with Crippen LogP contribution in [-0.2, 0) is 9.53 Å². The van der Waals surface area contributed by atoms with Gasteiger partial charge in [0.1, 0.15) is 6.61 Å². The third-order valence-electron chi connectivity index (χ3n) is 4.14. The van der Waals surface area contributed by atoms with Crippen molar-refractivity contribution < 1.29 is 23.8 Å². The predicted octanol–water partition coefficient (Wildman–Crippen LogP) is 4.06. The van der Waals surface area contributed by atoms with Crippen molar-refractivity contribution in [1.29, 1.82) is 0 Å². The van der Waals surface area contributed by atoms with Gasteiger partial charge in [0.05, 0.1) is 12.7 Å². The van der Waals surface area contributed by atoms with E-state index in [4.69, 9.17) is 14.2 Å². The van der Waals surface area contributed by atoms with Crippen LogP contribution in [0.4, 0.5) is 5.69 Å². The molecule has 0 bridgehead atoms. The highest BCUT2D eigenvalue weighted by Crippen LogP contribution is 2.28. The van der Waals surface area contributed by atoms with Crippen molar-refractivity contribution in [2.75, 3.05) is 19.0 Å². The van der Waals surface area contributed by atoms with Crippen molar-refractivity contribution in [3.05, 3.63) is 65.7 Å². The first-order valence-corrected chi connectivity index (χ1v) is 8.87. The van der Waals surface area contributed by atoms with Crippen LogP contribution in [0.3, 0.4) is 0 Å². The molecular formula is C22H25NO5. The molecule has 1 unspecified atom stereocenters. The zero-order valence-electron chi connectivity index (χ0n) is 16.6. The maximum absolute atomic E-state index is 12.4. The number of amides is 1. The van der Waals surface area contributed by atoms with E-state index in [2.05, 4.69) is 11.9 Å². The molecule has 1 N–H and O–H groups in total. The lowest BCUT2D eigenvalue weighted by molar-refractivity contribution is -0.123. The second-order valence-electron chi connectivity index (χ2n) is 6.27. The van der Waals surface area contributed by atoms with Crippen LogP contribution < -0.4 is 14.8 Å². The minimum absolute atomic E-state index is 0.259. The van der Waals surface area contributed by atoms with Gasteiger partial charge in [-0.05, 0) is 50.1 Å². The molecule has 0 saturated carbocycles. The molecule has 2 aromatic carbocycles. The van der Waals surface area contributed by atoms with E-state index in [1.165, 1.54) is 20.1 Å². The van der Waals surface area contributed by atoms with E-state index in [1.54, 1.807) is 18.2 Å². The van der Waals surface area contributed by atoms with E-state index >= 15 is 0 Å². The zero-order chi connectivity index (χ0) is 20.7. The number of methoxy groups -OCH3 is 1. The van der Waals surface area contributed by atoms with E-state index in [-0.39, 0.29) is 5.56 Å². The Labute approximate surface area is 165 Å². The SMILES string of the molecule is C=CCOc1ccc(C(=O)OC(C)C(=O)Nc2c(C)cccc2C)cc1OC. The largest absolute Gasteiger partial charge is 0.493 e. The van der Waals surface area contributed by atoms with Crippen molar-refractivity contribution in [2.24, 2.45) is 0 Å². The molecular weight excluding hydrogens is 358 g/mol. The molecule has 0 spiro atoms. The number of rotatable bonds is 8. The van der Waals surface area contributed by atoms with Crippen molar-refractivity contribution >= 4 is 17.6 Å². The van der Waals surface area contributed by atoms with Crippen LogP contribution in [0.1, 0.15) is 28.4 Å². The van der Waals surface area contributed by atoms with Gasteiger partial charge in [-0.2, -0.15) is 0 Å². The molecule has 0 saturated heterocycles. The highest BCUT2D eigenvalue weighted by atomic mass is 16.5. The summed E-state index contributed by atoms with van der Waals surface area (Å²) >= 11 is 0. The Bertz CT molecular complexity index is 855. The first-order chi connectivity index (χ1) is 13.4. The topological polar surface area (TPSA) is 73.9 Å². The number of nitrogens with one attached hydrogen (secondary N) is 1. The van der Waals surface area contributed by atoms with Crippen LogP contribution in [0.2, 0.25) is 0 Å². The molecule has 0 fully saturated rings. The molecule has 2 aromatic rings. The van der Waals surface area contributed by atoms with E-state index < -0.39 is 18.0 Å². The summed E-state index contributed by atoms with van der Waals surface area (Å²) in [5.41, 5.74) is 2.86. The number of ether oxygens (including phenoxy) is 3. The van der Waals surface area contributed by atoms with Gasteiger partial charge in [-0.1, -0.05) is 30.9 Å². The van der Waals surface area contributed by atoms with Crippen molar-refractivity contribution in [1.82, 2.24) is 0 Å². The van der Waals surface area contributed by atoms with Crippen molar-refractivity contribution in [3.63, 3.8) is 0 Å².